The topological polar surface area (TPSA) is 24.9 Å². The lowest BCUT2D eigenvalue weighted by Gasteiger charge is -2.14. The van der Waals surface area contributed by atoms with Gasteiger partial charge in [0.25, 0.3) is 6.43 Å². The maximum Gasteiger partial charge on any atom is 0.254 e. The van der Waals surface area contributed by atoms with Crippen molar-refractivity contribution in [2.24, 2.45) is 0 Å². The van der Waals surface area contributed by atoms with E-state index in [4.69, 9.17) is 0 Å². The van der Waals surface area contributed by atoms with Crippen molar-refractivity contribution in [2.75, 3.05) is 6.54 Å². The van der Waals surface area contributed by atoms with Crippen LogP contribution in [0.5, 0.6) is 0 Å². The van der Waals surface area contributed by atoms with Crippen molar-refractivity contribution in [1.29, 1.82) is 0 Å². The molecule has 0 radical (unpaired) electrons. The van der Waals surface area contributed by atoms with Crippen molar-refractivity contribution < 1.29 is 8.78 Å². The summed E-state index contributed by atoms with van der Waals surface area (Å²) in [6, 6.07) is -0.767. The van der Waals surface area contributed by atoms with Crippen LogP contribution in [0.4, 0.5) is 8.78 Å². The average Bonchev–Trinajstić information content (AvgIpc) is 2.56. The van der Waals surface area contributed by atoms with Crippen LogP contribution in [0.25, 0.3) is 0 Å². The molecule has 0 spiro atoms. The van der Waals surface area contributed by atoms with Crippen LogP contribution in [-0.4, -0.2) is 24.0 Å². The molecule has 1 atom stereocenters. The quantitative estimate of drug-likeness (QED) is 0.796. The van der Waals surface area contributed by atoms with Crippen molar-refractivity contribution in [1.82, 2.24) is 10.3 Å². The minimum atomic E-state index is -2.33. The van der Waals surface area contributed by atoms with Crippen LogP contribution in [-0.2, 0) is 6.42 Å². The van der Waals surface area contributed by atoms with Crippen LogP contribution in [0, 0.1) is 0 Å². The molecule has 5 heteroatoms. The summed E-state index contributed by atoms with van der Waals surface area (Å²) in [6.07, 6.45) is -0.388. The molecule has 1 heterocycles. The van der Waals surface area contributed by atoms with E-state index in [1.807, 2.05) is 6.92 Å². The number of hydrogen-bond donors (Lipinski definition) is 1. The van der Waals surface area contributed by atoms with Gasteiger partial charge in [-0.25, -0.2) is 13.8 Å². The number of nitrogens with zero attached hydrogens (tertiary/aromatic N) is 1. The van der Waals surface area contributed by atoms with E-state index in [-0.39, 0.29) is 0 Å². The highest BCUT2D eigenvalue weighted by atomic mass is 32.1. The van der Waals surface area contributed by atoms with Crippen molar-refractivity contribution >= 4 is 11.3 Å². The molecule has 1 aromatic heterocycles. The first-order valence-electron chi connectivity index (χ1n) is 4.14. The zero-order valence-electron chi connectivity index (χ0n) is 7.34. The second-order valence-corrected chi connectivity index (χ2v) is 3.61. The maximum absolute atomic E-state index is 12.4. The van der Waals surface area contributed by atoms with Gasteiger partial charge in [0.1, 0.15) is 0 Å². The van der Waals surface area contributed by atoms with Crippen LogP contribution < -0.4 is 5.32 Å². The highest BCUT2D eigenvalue weighted by Gasteiger charge is 2.20. The molecule has 13 heavy (non-hydrogen) atoms. The van der Waals surface area contributed by atoms with E-state index < -0.39 is 12.5 Å². The predicted octanol–water partition coefficient (Wildman–Crippen LogP) is 1.93. The molecule has 0 saturated heterocycles. The largest absolute Gasteiger partial charge is 0.309 e. The lowest BCUT2D eigenvalue weighted by Crippen LogP contribution is -2.37. The van der Waals surface area contributed by atoms with Gasteiger partial charge in [-0.15, -0.1) is 11.3 Å². The molecule has 74 valence electrons. The first-order chi connectivity index (χ1) is 6.24. The molecule has 0 aliphatic rings. The first-order valence-corrected chi connectivity index (χ1v) is 5.02. The molecular formula is C8H12F2N2S. The molecule has 0 aromatic carbocycles. The number of rotatable bonds is 5. The van der Waals surface area contributed by atoms with Gasteiger partial charge in [0.05, 0.1) is 11.0 Å². The number of nitrogens with one attached hydrogen (secondary N) is 1. The van der Waals surface area contributed by atoms with E-state index in [1.54, 1.807) is 11.6 Å². The summed E-state index contributed by atoms with van der Waals surface area (Å²) in [5.41, 5.74) is 0. The average molecular weight is 206 g/mol. The summed E-state index contributed by atoms with van der Waals surface area (Å²) >= 11 is 1.41. The second kappa shape index (κ2) is 5.24. The normalized spacial score (nSPS) is 13.5. The molecule has 0 aliphatic carbocycles. The molecule has 0 bridgehead atoms. The number of halogens is 2. The fourth-order valence-corrected chi connectivity index (χ4v) is 1.73. The first kappa shape index (κ1) is 10.5. The second-order valence-electron chi connectivity index (χ2n) is 2.63. The Morgan fingerprint density at radius 1 is 1.62 bits per heavy atom. The Morgan fingerprint density at radius 3 is 2.85 bits per heavy atom. The van der Waals surface area contributed by atoms with Crippen LogP contribution in [0.15, 0.2) is 11.6 Å². The highest BCUT2D eigenvalue weighted by Crippen LogP contribution is 2.11. The number of hydrogen-bond acceptors (Lipinski definition) is 3. The fraction of sp³-hybridized carbons (Fsp3) is 0.625. The monoisotopic (exact) mass is 206 g/mol. The van der Waals surface area contributed by atoms with Gasteiger partial charge >= 0.3 is 0 Å². The van der Waals surface area contributed by atoms with Crippen LogP contribution in [0.1, 0.15) is 11.9 Å². The molecular weight excluding hydrogens is 194 g/mol. The zero-order chi connectivity index (χ0) is 9.68. The van der Waals surface area contributed by atoms with Gasteiger partial charge in [-0.05, 0) is 6.54 Å². The Labute approximate surface area is 80.0 Å². The van der Waals surface area contributed by atoms with Crippen molar-refractivity contribution in [3.63, 3.8) is 0 Å². The van der Waals surface area contributed by atoms with E-state index in [9.17, 15) is 8.78 Å². The van der Waals surface area contributed by atoms with Gasteiger partial charge in [0, 0.05) is 18.0 Å². The molecule has 0 saturated carbocycles. The predicted molar refractivity (Wildman–Crippen MR) is 49.3 cm³/mol. The van der Waals surface area contributed by atoms with Crippen molar-refractivity contribution in [3.8, 4) is 0 Å². The molecule has 1 N–H and O–H groups in total. The minimum Gasteiger partial charge on any atom is -0.309 e. The Balaban J connectivity index is 2.47. The van der Waals surface area contributed by atoms with Crippen LogP contribution in [0.2, 0.25) is 0 Å². The van der Waals surface area contributed by atoms with E-state index in [2.05, 4.69) is 10.3 Å². The Hall–Kier alpha value is -0.550. The third-order valence-electron chi connectivity index (χ3n) is 1.65. The summed E-state index contributed by atoms with van der Waals surface area (Å²) in [5, 5.41) is 5.29. The maximum atomic E-state index is 12.4. The summed E-state index contributed by atoms with van der Waals surface area (Å²) in [5.74, 6) is 0. The Kier molecular flexibility index (Phi) is 4.24. The van der Waals surface area contributed by atoms with Crippen LogP contribution in [0.3, 0.4) is 0 Å². The number of aromatic nitrogens is 1. The Bertz CT molecular complexity index is 226. The van der Waals surface area contributed by atoms with Crippen molar-refractivity contribution in [3.05, 3.63) is 16.6 Å². The summed E-state index contributed by atoms with van der Waals surface area (Å²) < 4.78 is 24.8. The zero-order valence-corrected chi connectivity index (χ0v) is 8.15. The van der Waals surface area contributed by atoms with E-state index >= 15 is 0 Å². The highest BCUT2D eigenvalue weighted by molar-refractivity contribution is 7.09. The molecule has 1 rings (SSSR count). The lowest BCUT2D eigenvalue weighted by atomic mass is 10.2. The van der Waals surface area contributed by atoms with Gasteiger partial charge in [-0.2, -0.15) is 0 Å². The lowest BCUT2D eigenvalue weighted by molar-refractivity contribution is 0.0990. The summed E-state index contributed by atoms with van der Waals surface area (Å²) in [4.78, 5) is 3.97. The van der Waals surface area contributed by atoms with Crippen molar-refractivity contribution in [2.45, 2.75) is 25.8 Å². The Morgan fingerprint density at radius 2 is 2.38 bits per heavy atom. The molecule has 0 amide bonds. The number of alkyl halides is 2. The number of thiazole rings is 1. The smallest absolute Gasteiger partial charge is 0.254 e. The standard InChI is InChI=1S/C8H12F2N2S/c1-2-11-6(8(9)10)5-7-12-3-4-13-7/h3-4,6,8,11H,2,5H2,1H3. The third kappa shape index (κ3) is 3.36. The molecule has 0 fully saturated rings. The van der Waals surface area contributed by atoms with Gasteiger partial charge < -0.3 is 5.32 Å². The van der Waals surface area contributed by atoms with Gasteiger partial charge in [0.2, 0.25) is 0 Å². The SMILES string of the molecule is CCNC(Cc1nccs1)C(F)F. The molecule has 1 unspecified atom stereocenters. The summed E-state index contributed by atoms with van der Waals surface area (Å²) in [6.45, 7) is 2.37. The van der Waals surface area contributed by atoms with Gasteiger partial charge in [-0.3, -0.25) is 0 Å². The van der Waals surface area contributed by atoms with E-state index in [0.717, 1.165) is 5.01 Å². The number of likely N-dealkylation sites (N-methyl/N-ethyl adjacent to an activating group) is 1. The van der Waals surface area contributed by atoms with Crippen LogP contribution >= 0.6 is 11.3 Å². The third-order valence-corrected chi connectivity index (χ3v) is 2.45. The molecule has 0 aliphatic heterocycles. The summed E-state index contributed by atoms with van der Waals surface area (Å²) in [7, 11) is 0. The minimum absolute atomic E-state index is 0.309. The molecule has 2 nitrogen and oxygen atoms in total. The van der Waals surface area contributed by atoms with E-state index in [0.29, 0.717) is 13.0 Å². The van der Waals surface area contributed by atoms with Gasteiger partial charge in [0.15, 0.2) is 0 Å². The molecule has 1 aromatic rings. The van der Waals surface area contributed by atoms with Gasteiger partial charge in [-0.1, -0.05) is 6.92 Å². The van der Waals surface area contributed by atoms with E-state index in [1.165, 1.54) is 11.3 Å². The fourth-order valence-electron chi connectivity index (χ4n) is 1.05.